The van der Waals surface area contributed by atoms with E-state index in [2.05, 4.69) is 5.32 Å². The summed E-state index contributed by atoms with van der Waals surface area (Å²) in [5.74, 6) is 0.143. The zero-order chi connectivity index (χ0) is 13.4. The Balaban J connectivity index is 2.40. The summed E-state index contributed by atoms with van der Waals surface area (Å²) < 4.78 is 26.0. The summed E-state index contributed by atoms with van der Waals surface area (Å²) >= 11 is 0. The Kier molecular flexibility index (Phi) is 3.38. The zero-order valence-electron chi connectivity index (χ0n) is 11.1. The molecule has 0 aromatic heterocycles. The first kappa shape index (κ1) is 13.4. The van der Waals surface area contributed by atoms with Crippen LogP contribution < -0.4 is 9.62 Å². The van der Waals surface area contributed by atoms with Gasteiger partial charge in [0.05, 0.1) is 18.0 Å². The van der Waals surface area contributed by atoms with Crippen LogP contribution in [0.25, 0.3) is 0 Å². The Bertz CT molecular complexity index is 520. The number of rotatable bonds is 1. The first-order valence-electron chi connectivity index (χ1n) is 6.12. The highest BCUT2D eigenvalue weighted by Crippen LogP contribution is 2.23. The largest absolute Gasteiger partial charge is 0.309 e. The van der Waals surface area contributed by atoms with Crippen molar-refractivity contribution in [3.8, 4) is 0 Å². The van der Waals surface area contributed by atoms with Crippen LogP contribution in [0.2, 0.25) is 0 Å². The molecule has 5 heteroatoms. The molecule has 1 aliphatic heterocycles. The van der Waals surface area contributed by atoms with E-state index in [0.717, 1.165) is 11.3 Å². The molecule has 100 valence electrons. The van der Waals surface area contributed by atoms with Crippen molar-refractivity contribution in [3.05, 3.63) is 29.8 Å². The van der Waals surface area contributed by atoms with Crippen LogP contribution in [0.15, 0.2) is 24.3 Å². The maximum atomic E-state index is 12.3. The standard InChI is InChI=1S/C13H20N2O2S/c1-11-4-6-12(7-5-11)15-10-13(2,3)14-8-9-18(15,16)17/h4-7,14H,8-10H2,1-3H3. The first-order chi connectivity index (χ1) is 8.30. The molecule has 0 aliphatic carbocycles. The predicted molar refractivity (Wildman–Crippen MR) is 74.4 cm³/mol. The van der Waals surface area contributed by atoms with Gasteiger partial charge < -0.3 is 5.32 Å². The Morgan fingerprint density at radius 3 is 2.44 bits per heavy atom. The number of sulfonamides is 1. The minimum absolute atomic E-state index is 0.143. The van der Waals surface area contributed by atoms with Gasteiger partial charge in [-0.1, -0.05) is 17.7 Å². The lowest BCUT2D eigenvalue weighted by Gasteiger charge is -2.30. The minimum Gasteiger partial charge on any atom is -0.309 e. The van der Waals surface area contributed by atoms with Crippen molar-refractivity contribution in [1.82, 2.24) is 5.32 Å². The SMILES string of the molecule is Cc1ccc(N2CC(C)(C)NCCS2(=O)=O)cc1. The summed E-state index contributed by atoms with van der Waals surface area (Å²) in [7, 11) is -3.23. The van der Waals surface area contributed by atoms with Gasteiger partial charge in [0.25, 0.3) is 0 Å². The van der Waals surface area contributed by atoms with E-state index in [1.165, 1.54) is 4.31 Å². The number of hydrogen-bond donors (Lipinski definition) is 1. The Labute approximate surface area is 109 Å². The molecule has 0 saturated carbocycles. The van der Waals surface area contributed by atoms with Crippen LogP contribution in [-0.2, 0) is 10.0 Å². The third-order valence-corrected chi connectivity index (χ3v) is 4.89. The summed E-state index contributed by atoms with van der Waals surface area (Å²) in [6.07, 6.45) is 0. The second-order valence-corrected chi connectivity index (χ2v) is 7.48. The predicted octanol–water partition coefficient (Wildman–Crippen LogP) is 1.51. The minimum atomic E-state index is -3.23. The molecule has 0 unspecified atom stereocenters. The molecule has 1 fully saturated rings. The summed E-state index contributed by atoms with van der Waals surface area (Å²) in [5.41, 5.74) is 1.66. The van der Waals surface area contributed by atoms with E-state index in [1.807, 2.05) is 45.0 Å². The van der Waals surface area contributed by atoms with E-state index in [1.54, 1.807) is 0 Å². The highest BCUT2D eigenvalue weighted by Gasteiger charge is 2.32. The first-order valence-corrected chi connectivity index (χ1v) is 7.73. The molecule has 0 spiro atoms. The zero-order valence-corrected chi connectivity index (χ0v) is 11.9. The summed E-state index contributed by atoms with van der Waals surface area (Å²) in [4.78, 5) is 0. The van der Waals surface area contributed by atoms with Gasteiger partial charge in [-0.2, -0.15) is 0 Å². The lowest BCUT2D eigenvalue weighted by atomic mass is 10.1. The van der Waals surface area contributed by atoms with Gasteiger partial charge in [-0.3, -0.25) is 4.31 Å². The van der Waals surface area contributed by atoms with Gasteiger partial charge in [-0.05, 0) is 32.9 Å². The van der Waals surface area contributed by atoms with Gasteiger partial charge in [0.15, 0.2) is 0 Å². The second kappa shape index (κ2) is 4.55. The van der Waals surface area contributed by atoms with Crippen LogP contribution in [0, 0.1) is 6.92 Å². The van der Waals surface area contributed by atoms with E-state index in [-0.39, 0.29) is 11.3 Å². The van der Waals surface area contributed by atoms with E-state index >= 15 is 0 Å². The molecule has 2 rings (SSSR count). The van der Waals surface area contributed by atoms with E-state index < -0.39 is 10.0 Å². The summed E-state index contributed by atoms with van der Waals surface area (Å²) in [6.45, 7) is 6.99. The third kappa shape index (κ3) is 2.84. The molecule has 0 amide bonds. The average Bonchev–Trinajstić information content (AvgIpc) is 2.36. The molecule has 1 heterocycles. The lowest BCUT2D eigenvalue weighted by Crippen LogP contribution is -2.47. The Morgan fingerprint density at radius 2 is 1.83 bits per heavy atom. The highest BCUT2D eigenvalue weighted by atomic mass is 32.2. The fourth-order valence-corrected chi connectivity index (χ4v) is 3.65. The maximum Gasteiger partial charge on any atom is 0.236 e. The fraction of sp³-hybridized carbons (Fsp3) is 0.538. The molecule has 4 nitrogen and oxygen atoms in total. The van der Waals surface area contributed by atoms with Gasteiger partial charge >= 0.3 is 0 Å². The molecule has 0 bridgehead atoms. The normalized spacial score (nSPS) is 22.5. The van der Waals surface area contributed by atoms with E-state index in [9.17, 15) is 8.42 Å². The molecule has 0 atom stereocenters. The summed E-state index contributed by atoms with van der Waals surface area (Å²) in [5, 5.41) is 3.27. The van der Waals surface area contributed by atoms with Crippen molar-refractivity contribution in [2.24, 2.45) is 0 Å². The van der Waals surface area contributed by atoms with Crippen molar-refractivity contribution < 1.29 is 8.42 Å². The molecule has 1 N–H and O–H groups in total. The second-order valence-electron chi connectivity index (χ2n) is 5.47. The van der Waals surface area contributed by atoms with Gasteiger partial charge in [0.1, 0.15) is 0 Å². The monoisotopic (exact) mass is 268 g/mol. The van der Waals surface area contributed by atoms with Crippen molar-refractivity contribution in [1.29, 1.82) is 0 Å². The van der Waals surface area contributed by atoms with Crippen molar-refractivity contribution in [3.63, 3.8) is 0 Å². The molecule has 18 heavy (non-hydrogen) atoms. The van der Waals surface area contributed by atoms with Crippen LogP contribution in [0.4, 0.5) is 5.69 Å². The van der Waals surface area contributed by atoms with Crippen LogP contribution in [0.3, 0.4) is 0 Å². The average molecular weight is 268 g/mol. The van der Waals surface area contributed by atoms with Crippen molar-refractivity contribution >= 4 is 15.7 Å². The Hall–Kier alpha value is -1.07. The molecular formula is C13H20N2O2S. The Morgan fingerprint density at radius 1 is 1.22 bits per heavy atom. The van der Waals surface area contributed by atoms with Gasteiger partial charge in [0.2, 0.25) is 10.0 Å². The highest BCUT2D eigenvalue weighted by molar-refractivity contribution is 7.92. The van der Waals surface area contributed by atoms with Crippen molar-refractivity contribution in [2.75, 3.05) is 23.1 Å². The number of nitrogens with zero attached hydrogens (tertiary/aromatic N) is 1. The van der Waals surface area contributed by atoms with Crippen LogP contribution in [-0.4, -0.2) is 32.8 Å². The van der Waals surface area contributed by atoms with Gasteiger partial charge in [0, 0.05) is 12.1 Å². The van der Waals surface area contributed by atoms with Crippen molar-refractivity contribution in [2.45, 2.75) is 26.3 Å². The molecule has 1 aromatic rings. The molecule has 1 aliphatic rings. The van der Waals surface area contributed by atoms with Crippen LogP contribution in [0.5, 0.6) is 0 Å². The van der Waals surface area contributed by atoms with E-state index in [0.29, 0.717) is 13.1 Å². The number of hydrogen-bond acceptors (Lipinski definition) is 3. The van der Waals surface area contributed by atoms with Crippen LogP contribution >= 0.6 is 0 Å². The summed E-state index contributed by atoms with van der Waals surface area (Å²) in [6, 6.07) is 7.62. The third-order valence-electron chi connectivity index (χ3n) is 3.16. The topological polar surface area (TPSA) is 49.4 Å². The molecule has 1 aromatic carbocycles. The molecular weight excluding hydrogens is 248 g/mol. The maximum absolute atomic E-state index is 12.3. The number of anilines is 1. The van der Waals surface area contributed by atoms with Gasteiger partial charge in [-0.15, -0.1) is 0 Å². The number of aryl methyl sites for hydroxylation is 1. The quantitative estimate of drug-likeness (QED) is 0.840. The van der Waals surface area contributed by atoms with Crippen LogP contribution in [0.1, 0.15) is 19.4 Å². The molecule has 1 saturated heterocycles. The fourth-order valence-electron chi connectivity index (χ4n) is 2.10. The smallest absolute Gasteiger partial charge is 0.236 e. The lowest BCUT2D eigenvalue weighted by molar-refractivity contribution is 0.419. The number of benzene rings is 1. The van der Waals surface area contributed by atoms with Gasteiger partial charge in [-0.25, -0.2) is 8.42 Å². The number of nitrogens with one attached hydrogen (secondary N) is 1. The molecule has 0 radical (unpaired) electrons. The van der Waals surface area contributed by atoms with E-state index in [4.69, 9.17) is 0 Å².